The van der Waals surface area contributed by atoms with E-state index in [0.717, 1.165) is 5.56 Å². The molecule has 0 radical (unpaired) electrons. The second-order valence-electron chi connectivity index (χ2n) is 5.67. The van der Waals surface area contributed by atoms with Crippen LogP contribution in [0.4, 0.5) is 10.1 Å². The summed E-state index contributed by atoms with van der Waals surface area (Å²) in [5.74, 6) is -1.99. The lowest BCUT2D eigenvalue weighted by atomic mass is 10.1. The van der Waals surface area contributed by atoms with Crippen molar-refractivity contribution >= 4 is 23.6 Å². The van der Waals surface area contributed by atoms with Crippen LogP contribution in [-0.2, 0) is 14.3 Å². The molecule has 0 heterocycles. The number of benzene rings is 2. The Morgan fingerprint density at radius 1 is 1.19 bits per heavy atom. The molecule has 5 nitrogen and oxygen atoms in total. The molecule has 1 amide bonds. The third-order valence-corrected chi connectivity index (χ3v) is 3.52. The summed E-state index contributed by atoms with van der Waals surface area (Å²) < 4.78 is 18.3. The molecule has 6 heteroatoms. The van der Waals surface area contributed by atoms with Gasteiger partial charge in [-0.25, -0.2) is 9.18 Å². The van der Waals surface area contributed by atoms with Gasteiger partial charge in [0.05, 0.1) is 0 Å². The van der Waals surface area contributed by atoms with Gasteiger partial charge in [0.25, 0.3) is 5.91 Å². The van der Waals surface area contributed by atoms with Crippen molar-refractivity contribution < 1.29 is 18.7 Å². The van der Waals surface area contributed by atoms with Gasteiger partial charge in [0.15, 0.2) is 6.61 Å². The van der Waals surface area contributed by atoms with Crippen LogP contribution in [0.5, 0.6) is 0 Å². The summed E-state index contributed by atoms with van der Waals surface area (Å²) in [6.07, 6.45) is 1.38. The topological polar surface area (TPSA) is 79.2 Å². The van der Waals surface area contributed by atoms with Crippen LogP contribution in [0.1, 0.15) is 16.7 Å². The fraction of sp³-hybridized carbons (Fsp3) is 0.150. The van der Waals surface area contributed by atoms with Crippen molar-refractivity contribution in [2.75, 3.05) is 11.9 Å². The van der Waals surface area contributed by atoms with E-state index in [1.165, 1.54) is 24.3 Å². The molecular weight excluding hydrogens is 335 g/mol. The first-order chi connectivity index (χ1) is 12.4. The number of aryl methyl sites for hydroxylation is 2. The molecule has 0 fully saturated rings. The largest absolute Gasteiger partial charge is 0.451 e. The highest BCUT2D eigenvalue weighted by atomic mass is 19.1. The van der Waals surface area contributed by atoms with E-state index in [1.807, 2.05) is 19.1 Å². The van der Waals surface area contributed by atoms with Crippen LogP contribution >= 0.6 is 0 Å². The minimum Gasteiger partial charge on any atom is -0.451 e. The number of hydrogen-bond acceptors (Lipinski definition) is 4. The number of nitrogens with one attached hydrogen (secondary N) is 1. The molecular formula is C20H17FN2O3. The van der Waals surface area contributed by atoms with Gasteiger partial charge in [-0.3, -0.25) is 4.79 Å². The minimum absolute atomic E-state index is 0.219. The first-order valence-electron chi connectivity index (χ1n) is 7.80. The van der Waals surface area contributed by atoms with Crippen molar-refractivity contribution in [2.24, 2.45) is 0 Å². The fourth-order valence-electron chi connectivity index (χ4n) is 2.04. The first-order valence-corrected chi connectivity index (χ1v) is 7.80. The van der Waals surface area contributed by atoms with Gasteiger partial charge < -0.3 is 10.1 Å². The highest BCUT2D eigenvalue weighted by Gasteiger charge is 2.13. The van der Waals surface area contributed by atoms with Crippen molar-refractivity contribution in [3.63, 3.8) is 0 Å². The van der Waals surface area contributed by atoms with E-state index in [1.54, 1.807) is 25.1 Å². The van der Waals surface area contributed by atoms with Crippen LogP contribution in [0, 0.1) is 31.0 Å². The van der Waals surface area contributed by atoms with E-state index in [4.69, 9.17) is 10.00 Å². The summed E-state index contributed by atoms with van der Waals surface area (Å²) in [6, 6.07) is 13.2. The number of nitrogens with zero attached hydrogens (tertiary/aromatic N) is 1. The van der Waals surface area contributed by atoms with Gasteiger partial charge in [0.2, 0.25) is 0 Å². The van der Waals surface area contributed by atoms with Crippen molar-refractivity contribution in [1.29, 1.82) is 5.26 Å². The summed E-state index contributed by atoms with van der Waals surface area (Å²) in [5.41, 5.74) is 2.21. The highest BCUT2D eigenvalue weighted by molar-refractivity contribution is 6.00. The molecule has 132 valence electrons. The molecule has 26 heavy (non-hydrogen) atoms. The molecule has 2 aromatic rings. The zero-order valence-electron chi connectivity index (χ0n) is 14.4. The Morgan fingerprint density at radius 3 is 2.50 bits per heavy atom. The standard InChI is InChI=1S/C20H17FN2O3/c1-13-3-6-15(7-4-13)9-16(11-22)20(25)26-12-19(24)23-17-8-5-14(2)18(21)10-17/h3-10H,12H2,1-2H3,(H,23,24)/b16-9+. The van der Waals surface area contributed by atoms with Crippen molar-refractivity contribution in [2.45, 2.75) is 13.8 Å². The van der Waals surface area contributed by atoms with Crippen LogP contribution in [0.25, 0.3) is 6.08 Å². The predicted molar refractivity (Wildman–Crippen MR) is 95.5 cm³/mol. The van der Waals surface area contributed by atoms with E-state index in [2.05, 4.69) is 5.32 Å². The Labute approximate surface area is 150 Å². The molecule has 2 aromatic carbocycles. The molecule has 0 bridgehead atoms. The monoisotopic (exact) mass is 352 g/mol. The van der Waals surface area contributed by atoms with Crippen molar-refractivity contribution in [3.05, 3.63) is 70.5 Å². The number of hydrogen-bond donors (Lipinski definition) is 1. The number of amides is 1. The second kappa shape index (κ2) is 8.58. The summed E-state index contributed by atoms with van der Waals surface area (Å²) in [6.45, 7) is 2.94. The Balaban J connectivity index is 1.95. The Hall–Kier alpha value is -3.46. The average molecular weight is 352 g/mol. The lowest BCUT2D eigenvalue weighted by Gasteiger charge is -2.07. The molecule has 0 spiro atoms. The molecule has 0 unspecified atom stereocenters. The number of carbonyl (C=O) groups is 2. The van der Waals surface area contributed by atoms with E-state index >= 15 is 0 Å². The van der Waals surface area contributed by atoms with Crippen molar-refractivity contribution in [1.82, 2.24) is 0 Å². The normalized spacial score (nSPS) is 10.8. The van der Waals surface area contributed by atoms with Gasteiger partial charge in [0, 0.05) is 5.69 Å². The van der Waals surface area contributed by atoms with Gasteiger partial charge in [0.1, 0.15) is 17.5 Å². The van der Waals surface area contributed by atoms with Gasteiger partial charge in [-0.2, -0.15) is 5.26 Å². The summed E-state index contributed by atoms with van der Waals surface area (Å²) in [4.78, 5) is 23.8. The molecule has 0 aliphatic heterocycles. The van der Waals surface area contributed by atoms with Crippen molar-refractivity contribution in [3.8, 4) is 6.07 Å². The minimum atomic E-state index is -0.904. The third kappa shape index (κ3) is 5.28. The fourth-order valence-corrected chi connectivity index (χ4v) is 2.04. The van der Waals surface area contributed by atoms with Gasteiger partial charge >= 0.3 is 5.97 Å². The summed E-state index contributed by atoms with van der Waals surface area (Å²) in [7, 11) is 0. The maximum absolute atomic E-state index is 13.4. The number of esters is 1. The van der Waals surface area contributed by atoms with Gasteiger partial charge in [-0.15, -0.1) is 0 Å². The average Bonchev–Trinajstić information content (AvgIpc) is 2.62. The van der Waals surface area contributed by atoms with Gasteiger partial charge in [-0.1, -0.05) is 35.9 Å². The number of ether oxygens (including phenoxy) is 1. The molecule has 0 saturated heterocycles. The number of anilines is 1. The zero-order chi connectivity index (χ0) is 19.1. The molecule has 1 N–H and O–H groups in total. The molecule has 0 aromatic heterocycles. The Bertz CT molecular complexity index is 896. The number of nitriles is 1. The molecule has 0 saturated carbocycles. The summed E-state index contributed by atoms with van der Waals surface area (Å²) >= 11 is 0. The first kappa shape index (κ1) is 18.9. The quantitative estimate of drug-likeness (QED) is 0.507. The summed E-state index contributed by atoms with van der Waals surface area (Å²) in [5, 5.41) is 11.5. The number of rotatable bonds is 5. The predicted octanol–water partition coefficient (Wildman–Crippen LogP) is 3.53. The molecule has 0 aliphatic carbocycles. The van der Waals surface area contributed by atoms with Crippen LogP contribution in [0.15, 0.2) is 48.0 Å². The third-order valence-electron chi connectivity index (χ3n) is 3.52. The SMILES string of the molecule is Cc1ccc(/C=C(\C#N)C(=O)OCC(=O)Nc2ccc(C)c(F)c2)cc1. The lowest BCUT2D eigenvalue weighted by Crippen LogP contribution is -2.21. The Morgan fingerprint density at radius 2 is 1.88 bits per heavy atom. The molecule has 2 rings (SSSR count). The maximum Gasteiger partial charge on any atom is 0.349 e. The van der Waals surface area contributed by atoms with E-state index in [-0.39, 0.29) is 11.3 Å². The van der Waals surface area contributed by atoms with Crippen LogP contribution in [-0.4, -0.2) is 18.5 Å². The second-order valence-corrected chi connectivity index (χ2v) is 5.67. The van der Waals surface area contributed by atoms with Crippen LogP contribution in [0.2, 0.25) is 0 Å². The smallest absolute Gasteiger partial charge is 0.349 e. The van der Waals surface area contributed by atoms with E-state index in [0.29, 0.717) is 11.1 Å². The number of halogens is 1. The lowest BCUT2D eigenvalue weighted by molar-refractivity contribution is -0.142. The van der Waals surface area contributed by atoms with Crippen LogP contribution < -0.4 is 5.32 Å². The van der Waals surface area contributed by atoms with Gasteiger partial charge in [-0.05, 0) is 43.2 Å². The molecule has 0 atom stereocenters. The number of carbonyl (C=O) groups excluding carboxylic acids is 2. The van der Waals surface area contributed by atoms with Crippen LogP contribution in [0.3, 0.4) is 0 Å². The highest BCUT2D eigenvalue weighted by Crippen LogP contribution is 2.14. The Kier molecular flexibility index (Phi) is 6.23. The van der Waals surface area contributed by atoms with E-state index < -0.39 is 24.3 Å². The zero-order valence-corrected chi connectivity index (χ0v) is 14.4. The molecule has 0 aliphatic rings. The van der Waals surface area contributed by atoms with E-state index in [9.17, 15) is 14.0 Å². The maximum atomic E-state index is 13.4.